The summed E-state index contributed by atoms with van der Waals surface area (Å²) in [5.74, 6) is 0.877. The number of pyridine rings is 1. The Morgan fingerprint density at radius 3 is 3.03 bits per heavy atom. The van der Waals surface area contributed by atoms with Crippen LogP contribution in [0.4, 0.5) is 10.2 Å². The van der Waals surface area contributed by atoms with Crippen LogP contribution in [0, 0.1) is 5.82 Å². The topological polar surface area (TPSA) is 93.9 Å². The Morgan fingerprint density at radius 2 is 2.12 bits per heavy atom. The number of aromatic nitrogens is 4. The molecule has 0 radical (unpaired) electrons. The van der Waals surface area contributed by atoms with Crippen molar-refractivity contribution in [3.8, 4) is 11.6 Å². The van der Waals surface area contributed by atoms with Gasteiger partial charge in [-0.1, -0.05) is 6.42 Å². The van der Waals surface area contributed by atoms with Gasteiger partial charge in [0.15, 0.2) is 17.2 Å². The molecule has 2 bridgehead atoms. The fraction of sp³-hybridized carbons (Fsp3) is 0.455. The van der Waals surface area contributed by atoms with Crippen LogP contribution in [0.3, 0.4) is 0 Å². The number of fused-ring (bicyclic) bond motifs is 3. The van der Waals surface area contributed by atoms with Crippen molar-refractivity contribution < 1.29 is 18.7 Å². The standard InChI is InChI=1S/C22H23FN6O3/c1-12-11-31-22-13(6-14(23)7-24-22)9-28-16-4-2-3-5-17(16)32-18-10-29-19(27-20(18)28)15(8-25-29)21(30)26-12/h6-8,10,12,16-17H,2-5,9,11H2,1H3,(H,26,30)/t12-,16-,17+/m1/s1. The molecule has 1 saturated carbocycles. The summed E-state index contributed by atoms with van der Waals surface area (Å²) in [5, 5.41) is 7.23. The minimum atomic E-state index is -0.423. The van der Waals surface area contributed by atoms with Crippen molar-refractivity contribution in [2.45, 2.75) is 57.3 Å². The molecule has 3 aliphatic rings. The molecule has 0 unspecified atom stereocenters. The molecule has 3 aromatic rings. The molecule has 9 nitrogen and oxygen atoms in total. The molecule has 3 aromatic heterocycles. The Kier molecular flexibility index (Phi) is 4.41. The third-order valence-corrected chi connectivity index (χ3v) is 6.38. The summed E-state index contributed by atoms with van der Waals surface area (Å²) in [5.41, 5.74) is 1.47. The molecule has 166 valence electrons. The summed E-state index contributed by atoms with van der Waals surface area (Å²) >= 11 is 0. The zero-order valence-electron chi connectivity index (χ0n) is 17.6. The van der Waals surface area contributed by atoms with Crippen molar-refractivity contribution in [1.29, 1.82) is 0 Å². The number of hydrogen-bond donors (Lipinski definition) is 1. The van der Waals surface area contributed by atoms with E-state index in [1.807, 2.05) is 6.92 Å². The molecule has 2 aliphatic heterocycles. The molecule has 1 fully saturated rings. The maximum absolute atomic E-state index is 14.2. The lowest BCUT2D eigenvalue weighted by Crippen LogP contribution is -2.51. The highest BCUT2D eigenvalue weighted by atomic mass is 19.1. The number of rotatable bonds is 0. The Bertz CT molecular complexity index is 1210. The van der Waals surface area contributed by atoms with Crippen molar-refractivity contribution >= 4 is 17.4 Å². The smallest absolute Gasteiger partial charge is 0.257 e. The first kappa shape index (κ1) is 19.3. The second-order valence-electron chi connectivity index (χ2n) is 8.69. The van der Waals surface area contributed by atoms with Crippen LogP contribution < -0.4 is 19.7 Å². The molecular formula is C22H23FN6O3. The van der Waals surface area contributed by atoms with Crippen molar-refractivity contribution in [1.82, 2.24) is 24.9 Å². The Hall–Kier alpha value is -3.43. The summed E-state index contributed by atoms with van der Waals surface area (Å²) in [7, 11) is 0. The molecular weight excluding hydrogens is 415 g/mol. The zero-order valence-corrected chi connectivity index (χ0v) is 17.6. The largest absolute Gasteiger partial charge is 0.483 e. The number of anilines is 1. The van der Waals surface area contributed by atoms with E-state index in [0.29, 0.717) is 40.8 Å². The average molecular weight is 438 g/mol. The number of ether oxygens (including phenoxy) is 2. The molecule has 0 aromatic carbocycles. The summed E-state index contributed by atoms with van der Waals surface area (Å²) in [6.07, 6.45) is 8.51. The second kappa shape index (κ2) is 7.32. The summed E-state index contributed by atoms with van der Waals surface area (Å²) in [4.78, 5) is 24.1. The van der Waals surface area contributed by atoms with Gasteiger partial charge in [-0.2, -0.15) is 5.10 Å². The summed E-state index contributed by atoms with van der Waals surface area (Å²) in [6.45, 7) is 2.41. The van der Waals surface area contributed by atoms with Crippen LogP contribution in [-0.2, 0) is 6.54 Å². The van der Waals surface area contributed by atoms with Crippen molar-refractivity contribution in [3.05, 3.63) is 41.6 Å². The van der Waals surface area contributed by atoms with Gasteiger partial charge in [-0.25, -0.2) is 18.9 Å². The molecule has 1 N–H and O–H groups in total. The minimum absolute atomic E-state index is 0.00965. The number of hydrogen-bond acceptors (Lipinski definition) is 7. The van der Waals surface area contributed by atoms with Crippen LogP contribution in [0.1, 0.15) is 48.5 Å². The third kappa shape index (κ3) is 3.12. The van der Waals surface area contributed by atoms with E-state index in [1.165, 1.54) is 12.3 Å². The van der Waals surface area contributed by atoms with Crippen LogP contribution in [-0.4, -0.2) is 50.3 Å². The van der Waals surface area contributed by atoms with Gasteiger partial charge >= 0.3 is 0 Å². The average Bonchev–Trinajstić information content (AvgIpc) is 3.19. The number of carbonyl (C=O) groups is 1. The fourth-order valence-electron chi connectivity index (χ4n) is 4.86. The number of nitrogens with one attached hydrogen (secondary N) is 1. The van der Waals surface area contributed by atoms with Crippen molar-refractivity contribution in [2.75, 3.05) is 11.5 Å². The maximum atomic E-state index is 14.2. The van der Waals surface area contributed by atoms with Gasteiger partial charge in [0.1, 0.15) is 24.1 Å². The first-order valence-electron chi connectivity index (χ1n) is 11.0. The van der Waals surface area contributed by atoms with Gasteiger partial charge in [-0.05, 0) is 32.3 Å². The number of nitrogens with zero attached hydrogens (tertiary/aromatic N) is 5. The number of halogens is 1. The zero-order chi connectivity index (χ0) is 21.8. The van der Waals surface area contributed by atoms with Crippen LogP contribution in [0.15, 0.2) is 24.7 Å². The Balaban J connectivity index is 1.55. The van der Waals surface area contributed by atoms with Gasteiger partial charge in [0.05, 0.1) is 37.2 Å². The van der Waals surface area contributed by atoms with Crippen molar-refractivity contribution in [3.63, 3.8) is 0 Å². The highest BCUT2D eigenvalue weighted by molar-refractivity contribution is 6.00. The lowest BCUT2D eigenvalue weighted by molar-refractivity contribution is 0.0927. The molecule has 32 heavy (non-hydrogen) atoms. The molecule has 0 spiro atoms. The molecule has 0 saturated heterocycles. The fourth-order valence-corrected chi connectivity index (χ4v) is 4.86. The van der Waals surface area contributed by atoms with Crippen LogP contribution >= 0.6 is 0 Å². The first-order valence-corrected chi connectivity index (χ1v) is 11.0. The quantitative estimate of drug-likeness (QED) is 0.576. The van der Waals surface area contributed by atoms with Gasteiger partial charge < -0.3 is 19.7 Å². The molecule has 1 amide bonds. The predicted octanol–water partition coefficient (Wildman–Crippen LogP) is 2.48. The van der Waals surface area contributed by atoms with Crippen LogP contribution in [0.2, 0.25) is 0 Å². The van der Waals surface area contributed by atoms with Gasteiger partial charge in [0.25, 0.3) is 5.91 Å². The van der Waals surface area contributed by atoms with E-state index in [2.05, 4.69) is 20.3 Å². The predicted molar refractivity (Wildman–Crippen MR) is 112 cm³/mol. The van der Waals surface area contributed by atoms with Gasteiger partial charge in [-0.3, -0.25) is 4.79 Å². The lowest BCUT2D eigenvalue weighted by Gasteiger charge is -2.45. The van der Waals surface area contributed by atoms with E-state index < -0.39 is 5.82 Å². The van der Waals surface area contributed by atoms with E-state index in [1.54, 1.807) is 10.7 Å². The Morgan fingerprint density at radius 1 is 1.25 bits per heavy atom. The van der Waals surface area contributed by atoms with Gasteiger partial charge in [0.2, 0.25) is 5.88 Å². The molecule has 6 rings (SSSR count). The highest BCUT2D eigenvalue weighted by Gasteiger charge is 2.39. The van der Waals surface area contributed by atoms with Crippen LogP contribution in [0.25, 0.3) is 5.65 Å². The third-order valence-electron chi connectivity index (χ3n) is 6.38. The summed E-state index contributed by atoms with van der Waals surface area (Å²) in [6, 6.07) is 1.25. The number of amides is 1. The van der Waals surface area contributed by atoms with Gasteiger partial charge in [-0.15, -0.1) is 0 Å². The molecule has 5 heterocycles. The van der Waals surface area contributed by atoms with E-state index in [-0.39, 0.29) is 30.7 Å². The van der Waals surface area contributed by atoms with E-state index in [9.17, 15) is 9.18 Å². The highest BCUT2D eigenvalue weighted by Crippen LogP contribution is 2.41. The van der Waals surface area contributed by atoms with Gasteiger partial charge in [0, 0.05) is 5.56 Å². The second-order valence-corrected chi connectivity index (χ2v) is 8.69. The first-order chi connectivity index (χ1) is 15.6. The van der Waals surface area contributed by atoms with Crippen molar-refractivity contribution in [2.24, 2.45) is 0 Å². The summed E-state index contributed by atoms with van der Waals surface area (Å²) < 4.78 is 28.0. The normalized spacial score (nSPS) is 24.9. The maximum Gasteiger partial charge on any atom is 0.257 e. The monoisotopic (exact) mass is 438 g/mol. The van der Waals surface area contributed by atoms with E-state index in [0.717, 1.165) is 31.9 Å². The molecule has 10 heteroatoms. The van der Waals surface area contributed by atoms with E-state index in [4.69, 9.17) is 14.5 Å². The number of carbonyl (C=O) groups excluding carboxylic acids is 1. The Labute approximate surface area is 183 Å². The minimum Gasteiger partial charge on any atom is -0.483 e. The molecule has 1 aliphatic carbocycles. The van der Waals surface area contributed by atoms with Crippen LogP contribution in [0.5, 0.6) is 11.6 Å². The lowest BCUT2D eigenvalue weighted by atomic mass is 9.89. The SMILES string of the molecule is C[C@@H]1COc2ncc(F)cc2CN2c3nc4c(cnn4cc3O[C@H]3CCCC[C@H]32)C(=O)N1. The van der Waals surface area contributed by atoms with E-state index >= 15 is 0 Å². The molecule has 3 atom stereocenters.